The summed E-state index contributed by atoms with van der Waals surface area (Å²) in [6, 6.07) is 14.3. The number of rotatable bonds is 6. The molecule has 4 heteroatoms. The van der Waals surface area contributed by atoms with Crippen LogP contribution in [0.1, 0.15) is 57.4 Å². The summed E-state index contributed by atoms with van der Waals surface area (Å²) in [7, 11) is 0. The van der Waals surface area contributed by atoms with E-state index in [9.17, 15) is 9.18 Å². The Morgan fingerprint density at radius 3 is 2.10 bits per heavy atom. The van der Waals surface area contributed by atoms with Crippen LogP contribution in [0, 0.1) is 23.6 Å². The first-order chi connectivity index (χ1) is 14.5. The van der Waals surface area contributed by atoms with E-state index in [0.29, 0.717) is 17.6 Å². The zero-order valence-electron chi connectivity index (χ0n) is 17.6. The third-order valence-electron chi connectivity index (χ3n) is 7.56. The topological polar surface area (TPSA) is 38.3 Å². The maximum absolute atomic E-state index is 13.1. The van der Waals surface area contributed by atoms with Gasteiger partial charge in [0, 0.05) is 5.69 Å². The van der Waals surface area contributed by atoms with Crippen molar-refractivity contribution in [3.05, 3.63) is 59.9 Å². The lowest BCUT2D eigenvalue weighted by Crippen LogP contribution is -2.48. The summed E-state index contributed by atoms with van der Waals surface area (Å²) in [5, 5.41) is 2.99. The first-order valence-corrected chi connectivity index (χ1v) is 11.4. The fourth-order valence-corrected chi connectivity index (χ4v) is 6.59. The molecule has 2 aromatic carbocycles. The van der Waals surface area contributed by atoms with Crippen molar-refractivity contribution in [2.45, 2.75) is 63.4 Å². The van der Waals surface area contributed by atoms with Gasteiger partial charge in [-0.15, -0.1) is 0 Å². The molecule has 0 heterocycles. The van der Waals surface area contributed by atoms with Crippen LogP contribution in [-0.2, 0) is 10.2 Å². The molecule has 1 N–H and O–H groups in total. The Bertz CT molecular complexity index is 870. The number of hydrogen-bond acceptors (Lipinski definition) is 2. The van der Waals surface area contributed by atoms with Crippen molar-refractivity contribution in [1.82, 2.24) is 0 Å². The van der Waals surface area contributed by atoms with E-state index in [2.05, 4.69) is 17.4 Å². The number of halogens is 1. The number of nitrogens with one attached hydrogen (secondary N) is 1. The van der Waals surface area contributed by atoms with Crippen molar-refractivity contribution in [2.75, 3.05) is 5.32 Å². The van der Waals surface area contributed by atoms with Gasteiger partial charge in [0.15, 0.2) is 6.10 Å². The number of benzene rings is 2. The largest absolute Gasteiger partial charge is 0.481 e. The van der Waals surface area contributed by atoms with Crippen molar-refractivity contribution < 1.29 is 13.9 Å². The highest BCUT2D eigenvalue weighted by atomic mass is 19.1. The molecule has 4 bridgehead atoms. The van der Waals surface area contributed by atoms with Gasteiger partial charge in [0.05, 0.1) is 0 Å². The van der Waals surface area contributed by atoms with Gasteiger partial charge in [-0.05, 0) is 110 Å². The molecule has 0 unspecified atom stereocenters. The minimum Gasteiger partial charge on any atom is -0.481 e. The van der Waals surface area contributed by atoms with E-state index in [4.69, 9.17) is 4.74 Å². The summed E-state index contributed by atoms with van der Waals surface area (Å²) in [4.78, 5) is 12.7. The van der Waals surface area contributed by atoms with E-state index in [0.717, 1.165) is 23.4 Å². The number of carbonyl (C=O) groups excluding carboxylic acids is 1. The summed E-state index contributed by atoms with van der Waals surface area (Å²) in [5.74, 6) is 2.76. The Morgan fingerprint density at radius 2 is 1.57 bits per heavy atom. The second-order valence-corrected chi connectivity index (χ2v) is 9.73. The molecule has 2 aromatic rings. The Morgan fingerprint density at radius 1 is 1.00 bits per heavy atom. The number of amides is 1. The molecule has 1 amide bonds. The number of ether oxygens (including phenoxy) is 1. The molecule has 30 heavy (non-hydrogen) atoms. The number of anilines is 1. The molecule has 4 saturated carbocycles. The molecule has 3 nitrogen and oxygen atoms in total. The summed E-state index contributed by atoms with van der Waals surface area (Å²) in [5.41, 5.74) is 2.62. The van der Waals surface area contributed by atoms with E-state index in [1.165, 1.54) is 56.2 Å². The molecular formula is C26H30FNO2. The van der Waals surface area contributed by atoms with Crippen LogP contribution in [0.15, 0.2) is 48.5 Å². The molecule has 4 aliphatic rings. The smallest absolute Gasteiger partial charge is 0.265 e. The molecule has 0 aliphatic heterocycles. The van der Waals surface area contributed by atoms with Crippen LogP contribution in [0.4, 0.5) is 10.1 Å². The van der Waals surface area contributed by atoms with E-state index in [1.807, 2.05) is 19.1 Å². The van der Waals surface area contributed by atoms with Crippen LogP contribution in [-0.4, -0.2) is 12.0 Å². The van der Waals surface area contributed by atoms with E-state index in [-0.39, 0.29) is 11.7 Å². The highest BCUT2D eigenvalue weighted by Crippen LogP contribution is 2.60. The lowest BCUT2D eigenvalue weighted by atomic mass is 9.48. The normalized spacial score (nSPS) is 30.1. The van der Waals surface area contributed by atoms with Gasteiger partial charge in [-0.1, -0.05) is 19.1 Å². The van der Waals surface area contributed by atoms with Crippen LogP contribution >= 0.6 is 0 Å². The molecular weight excluding hydrogens is 377 g/mol. The van der Waals surface area contributed by atoms with E-state index in [1.54, 1.807) is 12.1 Å². The quantitative estimate of drug-likeness (QED) is 0.629. The fourth-order valence-electron chi connectivity index (χ4n) is 6.59. The van der Waals surface area contributed by atoms with Gasteiger partial charge in [0.25, 0.3) is 5.91 Å². The second kappa shape index (κ2) is 7.72. The van der Waals surface area contributed by atoms with Crippen LogP contribution in [0.25, 0.3) is 0 Å². The summed E-state index contributed by atoms with van der Waals surface area (Å²) in [6.45, 7) is 1.91. The van der Waals surface area contributed by atoms with Crippen molar-refractivity contribution in [3.63, 3.8) is 0 Å². The third kappa shape index (κ3) is 3.73. The minimum atomic E-state index is -0.613. The average Bonchev–Trinajstić information content (AvgIpc) is 2.73. The lowest BCUT2D eigenvalue weighted by Gasteiger charge is -2.57. The SMILES string of the molecule is CC[C@H](Oc1ccc(F)cc1)C(=O)Nc1ccc(C23CC4CC(CC(C4)C2)C3)cc1. The molecule has 4 fully saturated rings. The second-order valence-electron chi connectivity index (χ2n) is 9.73. The van der Waals surface area contributed by atoms with Gasteiger partial charge in [0.1, 0.15) is 11.6 Å². The van der Waals surface area contributed by atoms with Crippen LogP contribution < -0.4 is 10.1 Å². The van der Waals surface area contributed by atoms with Gasteiger partial charge < -0.3 is 10.1 Å². The summed E-state index contributed by atoms with van der Waals surface area (Å²) < 4.78 is 18.8. The van der Waals surface area contributed by atoms with Gasteiger partial charge in [-0.25, -0.2) is 4.39 Å². The van der Waals surface area contributed by atoms with Crippen molar-refractivity contribution in [3.8, 4) is 5.75 Å². The molecule has 4 aliphatic carbocycles. The van der Waals surface area contributed by atoms with Crippen LogP contribution in [0.2, 0.25) is 0 Å². The predicted octanol–water partition coefficient (Wildman–Crippen LogP) is 6.09. The lowest BCUT2D eigenvalue weighted by molar-refractivity contribution is -0.122. The third-order valence-corrected chi connectivity index (χ3v) is 7.56. The summed E-state index contributed by atoms with van der Waals surface area (Å²) >= 11 is 0. The van der Waals surface area contributed by atoms with E-state index >= 15 is 0 Å². The van der Waals surface area contributed by atoms with E-state index < -0.39 is 6.10 Å². The zero-order valence-corrected chi connectivity index (χ0v) is 17.6. The van der Waals surface area contributed by atoms with Crippen molar-refractivity contribution in [2.24, 2.45) is 17.8 Å². The number of hydrogen-bond donors (Lipinski definition) is 1. The Hall–Kier alpha value is -2.36. The molecule has 1 atom stereocenters. The van der Waals surface area contributed by atoms with Crippen LogP contribution in [0.3, 0.4) is 0 Å². The molecule has 0 spiro atoms. The van der Waals surface area contributed by atoms with Crippen molar-refractivity contribution >= 4 is 11.6 Å². The Labute approximate surface area is 178 Å². The highest BCUT2D eigenvalue weighted by Gasteiger charge is 2.51. The molecule has 158 valence electrons. The van der Waals surface area contributed by atoms with Gasteiger partial charge in [-0.2, -0.15) is 0 Å². The summed E-state index contributed by atoms with van der Waals surface area (Å²) in [6.07, 6.45) is 8.28. The maximum Gasteiger partial charge on any atom is 0.265 e. The fraction of sp³-hybridized carbons (Fsp3) is 0.500. The molecule has 0 saturated heterocycles. The molecule has 0 aromatic heterocycles. The Balaban J connectivity index is 1.25. The van der Waals surface area contributed by atoms with Crippen molar-refractivity contribution in [1.29, 1.82) is 0 Å². The van der Waals surface area contributed by atoms with Gasteiger partial charge in [-0.3, -0.25) is 4.79 Å². The maximum atomic E-state index is 13.1. The molecule has 0 radical (unpaired) electrons. The highest BCUT2D eigenvalue weighted by molar-refractivity contribution is 5.94. The van der Waals surface area contributed by atoms with Crippen LogP contribution in [0.5, 0.6) is 5.75 Å². The minimum absolute atomic E-state index is 0.177. The monoisotopic (exact) mass is 407 g/mol. The van der Waals surface area contributed by atoms with Gasteiger partial charge in [0.2, 0.25) is 0 Å². The standard InChI is InChI=1S/C26H30FNO2/c1-2-24(30-23-9-5-21(27)6-10-23)25(29)28-22-7-3-20(4-8-22)26-14-17-11-18(15-26)13-19(12-17)16-26/h3-10,17-19,24H,2,11-16H2,1H3,(H,28,29)/t17?,18?,19?,24-,26?/m0/s1. The predicted molar refractivity (Wildman–Crippen MR) is 116 cm³/mol. The average molecular weight is 408 g/mol. The van der Waals surface area contributed by atoms with Gasteiger partial charge >= 0.3 is 0 Å². The zero-order chi connectivity index (χ0) is 20.7. The Kier molecular flexibility index (Phi) is 5.04. The molecule has 6 rings (SSSR count). The first kappa shape index (κ1) is 19.6. The first-order valence-electron chi connectivity index (χ1n) is 11.4. The number of carbonyl (C=O) groups is 1.